The zero-order valence-corrected chi connectivity index (χ0v) is 15.1. The van der Waals surface area contributed by atoms with E-state index in [0.29, 0.717) is 17.4 Å². The molecule has 0 radical (unpaired) electrons. The third kappa shape index (κ3) is 3.86. The summed E-state index contributed by atoms with van der Waals surface area (Å²) in [6.45, 7) is 8.22. The van der Waals surface area contributed by atoms with Gasteiger partial charge in [-0.2, -0.15) is 0 Å². The first-order chi connectivity index (χ1) is 8.88. The Bertz CT molecular complexity index is 584. The Balaban J connectivity index is 2.09. The number of fused-ring (bicyclic) bond motifs is 1. The number of rotatable bonds is 5. The fourth-order valence-electron chi connectivity index (χ4n) is 1.53. The first kappa shape index (κ1) is 15.1. The van der Waals surface area contributed by atoms with Gasteiger partial charge in [0.25, 0.3) is 0 Å². The molecule has 2 heterocycles. The Morgan fingerprint density at radius 2 is 2.11 bits per heavy atom. The van der Waals surface area contributed by atoms with Gasteiger partial charge in [0.05, 0.1) is 0 Å². The van der Waals surface area contributed by atoms with Crippen LogP contribution in [0.25, 0.3) is 11.2 Å². The van der Waals surface area contributed by atoms with Crippen molar-refractivity contribution in [2.75, 3.05) is 6.61 Å². The predicted molar refractivity (Wildman–Crippen MR) is 87.2 cm³/mol. The molecule has 0 saturated heterocycles. The molecular formula is C11H16ClIN4OSi. The lowest BCUT2D eigenvalue weighted by Crippen LogP contribution is -2.22. The van der Waals surface area contributed by atoms with Crippen molar-refractivity contribution in [2.24, 2.45) is 0 Å². The maximum atomic E-state index is 6.00. The highest BCUT2D eigenvalue weighted by Crippen LogP contribution is 2.21. The van der Waals surface area contributed by atoms with Gasteiger partial charge >= 0.3 is 0 Å². The number of halogens is 2. The van der Waals surface area contributed by atoms with Gasteiger partial charge in [-0.05, 0) is 6.04 Å². The van der Waals surface area contributed by atoms with Crippen molar-refractivity contribution in [2.45, 2.75) is 32.4 Å². The van der Waals surface area contributed by atoms with Crippen molar-refractivity contribution in [3.63, 3.8) is 0 Å². The maximum Gasteiger partial charge on any atom is 0.175 e. The van der Waals surface area contributed by atoms with E-state index < -0.39 is 8.07 Å². The Kier molecular flexibility index (Phi) is 4.80. The van der Waals surface area contributed by atoms with Gasteiger partial charge in [-0.3, -0.25) is 4.57 Å². The van der Waals surface area contributed by atoms with Crippen LogP contribution >= 0.6 is 34.2 Å². The summed E-state index contributed by atoms with van der Waals surface area (Å²) >= 11 is 8.15. The van der Waals surface area contributed by atoms with E-state index in [0.717, 1.165) is 22.1 Å². The predicted octanol–water partition coefficient (Wildman–Crippen LogP) is 3.40. The number of aromatic nitrogens is 4. The van der Waals surface area contributed by atoms with Gasteiger partial charge in [-0.25, -0.2) is 15.0 Å². The van der Waals surface area contributed by atoms with Crippen molar-refractivity contribution in [3.8, 4) is 0 Å². The first-order valence-corrected chi connectivity index (χ1v) is 11.1. The van der Waals surface area contributed by atoms with Gasteiger partial charge in [0, 0.05) is 37.3 Å². The Morgan fingerprint density at radius 3 is 2.79 bits per heavy atom. The molecule has 0 spiro atoms. The van der Waals surface area contributed by atoms with Crippen LogP contribution in [0.2, 0.25) is 30.8 Å². The molecule has 5 nitrogen and oxygen atoms in total. The van der Waals surface area contributed by atoms with Crippen LogP contribution in [-0.4, -0.2) is 34.2 Å². The molecule has 0 fully saturated rings. The number of hydrogen-bond acceptors (Lipinski definition) is 4. The van der Waals surface area contributed by atoms with Crippen LogP contribution in [0.3, 0.4) is 0 Å². The quantitative estimate of drug-likeness (QED) is 0.249. The Hall–Kier alpha value is -0.253. The van der Waals surface area contributed by atoms with Crippen LogP contribution in [0.1, 0.15) is 0 Å². The van der Waals surface area contributed by atoms with E-state index in [1.807, 2.05) is 4.57 Å². The summed E-state index contributed by atoms with van der Waals surface area (Å²) in [4.78, 5) is 12.5. The molecule has 2 aromatic heterocycles. The highest BCUT2D eigenvalue weighted by atomic mass is 127. The molecule has 19 heavy (non-hydrogen) atoms. The zero-order valence-electron chi connectivity index (χ0n) is 11.2. The van der Waals surface area contributed by atoms with Crippen LogP contribution < -0.4 is 0 Å². The van der Waals surface area contributed by atoms with E-state index in [1.54, 1.807) is 0 Å². The Labute approximate surface area is 131 Å². The molecule has 0 aromatic carbocycles. The van der Waals surface area contributed by atoms with Crippen molar-refractivity contribution < 1.29 is 4.74 Å². The topological polar surface area (TPSA) is 52.8 Å². The summed E-state index contributed by atoms with van der Waals surface area (Å²) in [6.07, 6.45) is 1.45. The van der Waals surface area contributed by atoms with Crippen LogP contribution in [0.15, 0.2) is 6.33 Å². The van der Waals surface area contributed by atoms with Crippen LogP contribution in [0.4, 0.5) is 0 Å². The van der Waals surface area contributed by atoms with Gasteiger partial charge in [0.1, 0.15) is 18.6 Å². The number of hydrogen-bond donors (Lipinski definition) is 0. The molecule has 0 unspecified atom stereocenters. The van der Waals surface area contributed by atoms with Gasteiger partial charge in [0.15, 0.2) is 14.6 Å². The van der Waals surface area contributed by atoms with Crippen molar-refractivity contribution >= 4 is 53.4 Å². The smallest absolute Gasteiger partial charge is 0.175 e. The monoisotopic (exact) mass is 410 g/mol. The maximum absolute atomic E-state index is 6.00. The van der Waals surface area contributed by atoms with Gasteiger partial charge in [0.2, 0.25) is 0 Å². The third-order valence-corrected chi connectivity index (χ3v) is 5.46. The lowest BCUT2D eigenvalue weighted by molar-refractivity contribution is 0.0878. The molecule has 0 aliphatic rings. The van der Waals surface area contributed by atoms with E-state index in [2.05, 4.69) is 57.2 Å². The zero-order chi connectivity index (χ0) is 14.0. The molecular weight excluding hydrogens is 395 g/mol. The lowest BCUT2D eigenvalue weighted by Gasteiger charge is -2.15. The minimum Gasteiger partial charge on any atom is -0.361 e. The average Bonchev–Trinajstić information content (AvgIpc) is 2.62. The molecule has 0 aliphatic heterocycles. The average molecular weight is 411 g/mol. The normalized spacial score (nSPS) is 12.3. The molecule has 8 heteroatoms. The van der Waals surface area contributed by atoms with Gasteiger partial charge < -0.3 is 4.74 Å². The fourth-order valence-corrected chi connectivity index (χ4v) is 3.07. The van der Waals surface area contributed by atoms with E-state index in [9.17, 15) is 0 Å². The van der Waals surface area contributed by atoms with Gasteiger partial charge in [-0.15, -0.1) is 0 Å². The molecule has 0 N–H and O–H groups in total. The summed E-state index contributed by atoms with van der Waals surface area (Å²) in [5, 5.41) is 0.378. The summed E-state index contributed by atoms with van der Waals surface area (Å²) in [5.74, 6) is 0. The second-order valence-electron chi connectivity index (χ2n) is 5.49. The number of imidazole rings is 1. The molecule has 2 aromatic rings. The minimum atomic E-state index is -1.05. The highest BCUT2D eigenvalue weighted by molar-refractivity contribution is 14.1. The molecule has 2 rings (SSSR count). The molecule has 0 amide bonds. The standard InChI is InChI=1S/C11H16ClIN4OSi/c1-19(2,3)5-4-18-7-17-10-8(16-11(17)13)9(12)14-6-15-10/h6H,4-5,7H2,1-3H3. The summed E-state index contributed by atoms with van der Waals surface area (Å²) in [6, 6.07) is 1.14. The van der Waals surface area contributed by atoms with E-state index in [1.165, 1.54) is 6.33 Å². The van der Waals surface area contributed by atoms with Crippen molar-refractivity contribution in [3.05, 3.63) is 15.3 Å². The highest BCUT2D eigenvalue weighted by Gasteiger charge is 2.15. The van der Waals surface area contributed by atoms with E-state index in [4.69, 9.17) is 16.3 Å². The molecule has 0 saturated carbocycles. The summed E-state index contributed by atoms with van der Waals surface area (Å²) in [5.41, 5.74) is 1.35. The van der Waals surface area contributed by atoms with Crippen molar-refractivity contribution in [1.29, 1.82) is 0 Å². The van der Waals surface area contributed by atoms with Gasteiger partial charge in [-0.1, -0.05) is 31.2 Å². The molecule has 0 atom stereocenters. The summed E-state index contributed by atoms with van der Waals surface area (Å²) in [7, 11) is -1.05. The third-order valence-electron chi connectivity index (χ3n) is 2.66. The van der Waals surface area contributed by atoms with E-state index >= 15 is 0 Å². The SMILES string of the molecule is C[Si](C)(C)CCOCn1c(I)nc2c(Cl)ncnc21. The molecule has 0 bridgehead atoms. The van der Waals surface area contributed by atoms with Crippen LogP contribution in [-0.2, 0) is 11.5 Å². The summed E-state index contributed by atoms with van der Waals surface area (Å²) < 4.78 is 8.45. The second-order valence-corrected chi connectivity index (χ2v) is 12.4. The Morgan fingerprint density at radius 1 is 1.37 bits per heavy atom. The fraction of sp³-hybridized carbons (Fsp3) is 0.545. The molecule has 0 aliphatic carbocycles. The van der Waals surface area contributed by atoms with Crippen LogP contribution in [0.5, 0.6) is 0 Å². The molecule has 104 valence electrons. The second kappa shape index (κ2) is 6.02. The minimum absolute atomic E-state index is 0.378. The largest absolute Gasteiger partial charge is 0.361 e. The van der Waals surface area contributed by atoms with Crippen LogP contribution in [0, 0.1) is 3.83 Å². The first-order valence-electron chi connectivity index (χ1n) is 5.98. The number of ether oxygens (including phenoxy) is 1. The van der Waals surface area contributed by atoms with Crippen molar-refractivity contribution in [1.82, 2.24) is 19.5 Å². The van der Waals surface area contributed by atoms with E-state index in [-0.39, 0.29) is 0 Å². The lowest BCUT2D eigenvalue weighted by atomic mass is 10.5. The number of nitrogens with zero attached hydrogens (tertiary/aromatic N) is 4.